The number of nitrogens with zero attached hydrogens (tertiary/aromatic N) is 3. The molecule has 172 valence electrons. The molecule has 2 fully saturated rings. The fraction of sp³-hybridized carbons (Fsp3) is 0.429. The Morgan fingerprint density at radius 2 is 1.79 bits per heavy atom. The van der Waals surface area contributed by atoms with Crippen LogP contribution in [0, 0.1) is 13.8 Å². The topological polar surface area (TPSA) is 33.1 Å². The first-order valence-electron chi connectivity index (χ1n) is 12.4. The van der Waals surface area contributed by atoms with E-state index in [2.05, 4.69) is 78.0 Å². The number of aromatic nitrogens is 2. The molecule has 0 spiro atoms. The zero-order valence-electron chi connectivity index (χ0n) is 19.9. The number of hydrogen-bond acceptors (Lipinski definition) is 2. The van der Waals surface area contributed by atoms with Crippen molar-refractivity contribution in [2.45, 2.75) is 77.4 Å². The highest BCUT2D eigenvalue weighted by Gasteiger charge is 2.44. The standard InChI is InChI=1S/C28H34N4S/c1-4-21-13-15-23(16-14-21)31-19(2)18-24(20(31)3)27-26(25-12-8-9-17-29-25)30-28(33)32(27)22-10-6-5-7-11-22/h8-9,12-18,22,26-27H,4-7,10-11H2,1-3H3,(H,30,33)/t26-,27+/m1/s1. The van der Waals surface area contributed by atoms with Crippen molar-refractivity contribution in [3.63, 3.8) is 0 Å². The summed E-state index contributed by atoms with van der Waals surface area (Å²) in [7, 11) is 0. The molecular formula is C28H34N4S. The Bertz CT molecular complexity index is 1110. The predicted octanol–water partition coefficient (Wildman–Crippen LogP) is 6.36. The largest absolute Gasteiger partial charge is 0.352 e. The summed E-state index contributed by atoms with van der Waals surface area (Å²) in [5.74, 6) is 0. The second-order valence-electron chi connectivity index (χ2n) is 9.51. The number of benzene rings is 1. The van der Waals surface area contributed by atoms with Crippen LogP contribution in [0.4, 0.5) is 0 Å². The first kappa shape index (κ1) is 22.1. The summed E-state index contributed by atoms with van der Waals surface area (Å²) in [5, 5.41) is 4.54. The lowest BCUT2D eigenvalue weighted by atomic mass is 9.90. The third kappa shape index (κ3) is 4.08. The van der Waals surface area contributed by atoms with E-state index in [1.54, 1.807) is 0 Å². The van der Waals surface area contributed by atoms with Crippen molar-refractivity contribution in [3.05, 3.63) is 82.9 Å². The minimum atomic E-state index is 0.0528. The fourth-order valence-corrected chi connectivity index (χ4v) is 6.21. The van der Waals surface area contributed by atoms with E-state index < -0.39 is 0 Å². The molecule has 4 nitrogen and oxygen atoms in total. The van der Waals surface area contributed by atoms with Crippen molar-refractivity contribution >= 4 is 17.3 Å². The molecule has 1 aliphatic heterocycles. The zero-order valence-corrected chi connectivity index (χ0v) is 20.7. The van der Waals surface area contributed by atoms with Gasteiger partial charge in [-0.2, -0.15) is 0 Å². The Balaban J connectivity index is 1.60. The van der Waals surface area contributed by atoms with Gasteiger partial charge in [0.15, 0.2) is 5.11 Å². The molecule has 1 saturated carbocycles. The first-order chi connectivity index (χ1) is 16.1. The molecule has 2 aromatic heterocycles. The highest BCUT2D eigenvalue weighted by Crippen LogP contribution is 2.44. The normalized spacial score (nSPS) is 21.4. The molecule has 5 heteroatoms. The summed E-state index contributed by atoms with van der Waals surface area (Å²) in [4.78, 5) is 7.25. The Morgan fingerprint density at radius 3 is 2.45 bits per heavy atom. The van der Waals surface area contributed by atoms with Crippen LogP contribution in [0.25, 0.3) is 5.69 Å². The SMILES string of the molecule is CCc1ccc(-n2c(C)cc([C@H]3[C@@H](c4ccccn4)NC(=S)N3C3CCCCC3)c2C)cc1. The van der Waals surface area contributed by atoms with Crippen LogP contribution in [0.1, 0.15) is 79.3 Å². The van der Waals surface area contributed by atoms with Crippen molar-refractivity contribution < 1.29 is 0 Å². The lowest BCUT2D eigenvalue weighted by Crippen LogP contribution is -2.40. The maximum Gasteiger partial charge on any atom is 0.170 e. The van der Waals surface area contributed by atoms with Crippen LogP contribution >= 0.6 is 12.2 Å². The molecule has 0 unspecified atom stereocenters. The Hall–Kier alpha value is -2.66. The van der Waals surface area contributed by atoms with Gasteiger partial charge in [-0.1, -0.05) is 44.4 Å². The Morgan fingerprint density at radius 1 is 1.03 bits per heavy atom. The lowest BCUT2D eigenvalue weighted by Gasteiger charge is -2.37. The van der Waals surface area contributed by atoms with Crippen molar-refractivity contribution in [3.8, 4) is 5.69 Å². The van der Waals surface area contributed by atoms with Gasteiger partial charge in [0.05, 0.1) is 17.8 Å². The van der Waals surface area contributed by atoms with Crippen LogP contribution in [-0.4, -0.2) is 25.6 Å². The summed E-state index contributed by atoms with van der Waals surface area (Å²) in [6, 6.07) is 18.2. The molecular weight excluding hydrogens is 424 g/mol. The zero-order chi connectivity index (χ0) is 22.9. The first-order valence-corrected chi connectivity index (χ1v) is 12.8. The van der Waals surface area contributed by atoms with Crippen LogP contribution in [0.2, 0.25) is 0 Å². The van der Waals surface area contributed by atoms with Gasteiger partial charge in [-0.3, -0.25) is 4.98 Å². The Labute approximate surface area is 203 Å². The molecule has 2 aliphatic rings. The quantitative estimate of drug-likeness (QED) is 0.451. The minimum absolute atomic E-state index is 0.0528. The molecule has 0 bridgehead atoms. The molecule has 1 aliphatic carbocycles. The summed E-state index contributed by atoms with van der Waals surface area (Å²) in [6.45, 7) is 6.67. The van der Waals surface area contributed by atoms with E-state index in [1.165, 1.54) is 60.3 Å². The van der Waals surface area contributed by atoms with E-state index in [0.717, 1.165) is 17.2 Å². The van der Waals surface area contributed by atoms with Crippen LogP contribution in [0.15, 0.2) is 54.7 Å². The monoisotopic (exact) mass is 458 g/mol. The van der Waals surface area contributed by atoms with E-state index in [0.29, 0.717) is 6.04 Å². The number of thiocarbonyl (C=S) groups is 1. The highest BCUT2D eigenvalue weighted by atomic mass is 32.1. The lowest BCUT2D eigenvalue weighted by molar-refractivity contribution is 0.197. The van der Waals surface area contributed by atoms with Gasteiger partial charge in [0.1, 0.15) is 0 Å². The van der Waals surface area contributed by atoms with Crippen LogP contribution in [-0.2, 0) is 6.42 Å². The van der Waals surface area contributed by atoms with Crippen molar-refractivity contribution in [1.29, 1.82) is 0 Å². The van der Waals surface area contributed by atoms with Gasteiger partial charge in [-0.05, 0) is 86.8 Å². The van der Waals surface area contributed by atoms with Gasteiger partial charge >= 0.3 is 0 Å². The highest BCUT2D eigenvalue weighted by molar-refractivity contribution is 7.80. The van der Waals surface area contributed by atoms with Crippen molar-refractivity contribution in [2.75, 3.05) is 0 Å². The number of aryl methyl sites for hydroxylation is 2. The summed E-state index contributed by atoms with van der Waals surface area (Å²) in [5.41, 5.74) is 7.54. The third-order valence-corrected chi connectivity index (χ3v) is 7.82. The van der Waals surface area contributed by atoms with Gasteiger partial charge in [0.25, 0.3) is 0 Å². The maximum atomic E-state index is 5.96. The predicted molar refractivity (Wildman–Crippen MR) is 139 cm³/mol. The maximum absolute atomic E-state index is 5.96. The fourth-order valence-electron chi connectivity index (χ4n) is 5.82. The van der Waals surface area contributed by atoms with Crippen LogP contribution in [0.3, 0.4) is 0 Å². The number of pyridine rings is 1. The smallest absolute Gasteiger partial charge is 0.170 e. The average Bonchev–Trinajstić information content (AvgIpc) is 3.35. The molecule has 0 radical (unpaired) electrons. The van der Waals surface area contributed by atoms with Gasteiger partial charge in [-0.15, -0.1) is 0 Å². The van der Waals surface area contributed by atoms with E-state index in [-0.39, 0.29) is 12.1 Å². The molecule has 5 rings (SSSR count). The number of hydrogen-bond donors (Lipinski definition) is 1. The van der Waals surface area contributed by atoms with E-state index in [4.69, 9.17) is 17.2 Å². The van der Waals surface area contributed by atoms with Crippen molar-refractivity contribution in [2.24, 2.45) is 0 Å². The minimum Gasteiger partial charge on any atom is -0.352 e. The number of rotatable bonds is 5. The van der Waals surface area contributed by atoms with Gasteiger partial charge in [0, 0.05) is 29.3 Å². The summed E-state index contributed by atoms with van der Waals surface area (Å²) < 4.78 is 2.39. The Kier molecular flexibility index (Phi) is 6.24. The second kappa shape index (κ2) is 9.30. The molecule has 2 atom stereocenters. The van der Waals surface area contributed by atoms with E-state index >= 15 is 0 Å². The van der Waals surface area contributed by atoms with Gasteiger partial charge in [0.2, 0.25) is 0 Å². The molecule has 1 N–H and O–H groups in total. The average molecular weight is 459 g/mol. The summed E-state index contributed by atoms with van der Waals surface area (Å²) >= 11 is 5.96. The van der Waals surface area contributed by atoms with Crippen LogP contribution in [0.5, 0.6) is 0 Å². The second-order valence-corrected chi connectivity index (χ2v) is 9.89. The molecule has 1 saturated heterocycles. The van der Waals surface area contributed by atoms with E-state index in [1.807, 2.05) is 12.3 Å². The third-order valence-electron chi connectivity index (χ3n) is 7.50. The summed E-state index contributed by atoms with van der Waals surface area (Å²) in [6.07, 6.45) is 9.28. The van der Waals surface area contributed by atoms with Crippen LogP contribution < -0.4 is 5.32 Å². The molecule has 3 aromatic rings. The number of nitrogens with one attached hydrogen (secondary N) is 1. The molecule has 3 heterocycles. The molecule has 0 amide bonds. The molecule has 33 heavy (non-hydrogen) atoms. The molecule has 1 aromatic carbocycles. The van der Waals surface area contributed by atoms with E-state index in [9.17, 15) is 0 Å². The van der Waals surface area contributed by atoms with Gasteiger partial charge < -0.3 is 14.8 Å². The van der Waals surface area contributed by atoms with Crippen molar-refractivity contribution in [1.82, 2.24) is 19.8 Å². The van der Waals surface area contributed by atoms with Gasteiger partial charge in [-0.25, -0.2) is 0 Å².